The zero-order valence-corrected chi connectivity index (χ0v) is 13.5. The highest BCUT2D eigenvalue weighted by atomic mass is 35.5. The van der Waals surface area contributed by atoms with E-state index in [2.05, 4.69) is 22.3 Å². The molecule has 8 heteroatoms. The summed E-state index contributed by atoms with van der Waals surface area (Å²) < 4.78 is 40.4. The lowest BCUT2D eigenvalue weighted by atomic mass is 9.83. The Morgan fingerprint density at radius 3 is 2.78 bits per heavy atom. The van der Waals surface area contributed by atoms with E-state index in [1.165, 1.54) is 12.1 Å². The van der Waals surface area contributed by atoms with Crippen molar-refractivity contribution < 1.29 is 22.7 Å². The number of carbonyl (C=O) groups is 1. The fraction of sp³-hybridized carbons (Fsp3) is 0.533. The molecule has 1 aliphatic rings. The summed E-state index contributed by atoms with van der Waals surface area (Å²) in [5.41, 5.74) is 0.114. The van der Waals surface area contributed by atoms with Crippen LogP contribution >= 0.6 is 12.4 Å². The molecular weight excluding hydrogens is 333 g/mol. The molecule has 1 heterocycles. The first-order valence-electron chi connectivity index (χ1n) is 7.12. The number of hydrogen-bond acceptors (Lipinski definition) is 3. The van der Waals surface area contributed by atoms with Crippen LogP contribution < -0.4 is 15.4 Å². The Labute approximate surface area is 139 Å². The van der Waals surface area contributed by atoms with E-state index in [9.17, 15) is 18.0 Å². The van der Waals surface area contributed by atoms with E-state index in [1.54, 1.807) is 0 Å². The van der Waals surface area contributed by atoms with E-state index in [0.29, 0.717) is 6.54 Å². The predicted molar refractivity (Wildman–Crippen MR) is 82.9 cm³/mol. The molecule has 1 aromatic rings. The van der Waals surface area contributed by atoms with Crippen LogP contribution in [0.3, 0.4) is 0 Å². The molecule has 0 bridgehead atoms. The summed E-state index contributed by atoms with van der Waals surface area (Å²) in [4.78, 5) is 12.1. The topological polar surface area (TPSA) is 50.4 Å². The smallest absolute Gasteiger partial charge is 0.406 e. The maximum Gasteiger partial charge on any atom is 0.573 e. The van der Waals surface area contributed by atoms with Crippen LogP contribution in [0, 0.1) is 5.41 Å². The summed E-state index contributed by atoms with van der Waals surface area (Å²) in [7, 11) is 0. The Balaban J connectivity index is 0.00000264. The summed E-state index contributed by atoms with van der Waals surface area (Å²) >= 11 is 0. The highest BCUT2D eigenvalue weighted by Crippen LogP contribution is 2.25. The second kappa shape index (κ2) is 7.88. The average molecular weight is 353 g/mol. The molecule has 130 valence electrons. The van der Waals surface area contributed by atoms with Crippen molar-refractivity contribution >= 4 is 18.3 Å². The van der Waals surface area contributed by atoms with Gasteiger partial charge in [0.25, 0.3) is 5.91 Å². The van der Waals surface area contributed by atoms with Gasteiger partial charge in [-0.25, -0.2) is 0 Å². The SMILES string of the molecule is CC1(CNC(=O)c2cccc(OC(F)(F)F)c2)CCCNC1.Cl. The van der Waals surface area contributed by atoms with E-state index in [-0.39, 0.29) is 23.4 Å². The summed E-state index contributed by atoms with van der Waals surface area (Å²) in [5, 5.41) is 6.06. The normalized spacial score (nSPS) is 21.2. The lowest BCUT2D eigenvalue weighted by Gasteiger charge is -2.34. The van der Waals surface area contributed by atoms with Gasteiger partial charge in [-0.2, -0.15) is 0 Å². The molecule has 1 fully saturated rings. The van der Waals surface area contributed by atoms with Crippen LogP contribution in [-0.4, -0.2) is 31.9 Å². The van der Waals surface area contributed by atoms with Crippen molar-refractivity contribution in [3.05, 3.63) is 29.8 Å². The molecule has 1 atom stereocenters. The molecular formula is C15H20ClF3N2O2. The third-order valence-corrected chi connectivity index (χ3v) is 3.69. The fourth-order valence-electron chi connectivity index (χ4n) is 2.50. The van der Waals surface area contributed by atoms with E-state index >= 15 is 0 Å². The van der Waals surface area contributed by atoms with Gasteiger partial charge in [0.05, 0.1) is 0 Å². The van der Waals surface area contributed by atoms with Gasteiger partial charge in [0, 0.05) is 18.7 Å². The van der Waals surface area contributed by atoms with Gasteiger partial charge < -0.3 is 15.4 Å². The summed E-state index contributed by atoms with van der Waals surface area (Å²) in [6.07, 6.45) is -2.73. The van der Waals surface area contributed by atoms with Gasteiger partial charge in [-0.05, 0) is 43.0 Å². The number of nitrogens with one attached hydrogen (secondary N) is 2. The summed E-state index contributed by atoms with van der Waals surface area (Å²) in [6.45, 7) is 4.33. The molecule has 2 N–H and O–H groups in total. The van der Waals surface area contributed by atoms with E-state index in [0.717, 1.165) is 38.1 Å². The molecule has 0 aromatic heterocycles. The van der Waals surface area contributed by atoms with Crippen LogP contribution in [0.5, 0.6) is 5.75 Å². The van der Waals surface area contributed by atoms with Crippen LogP contribution in [0.15, 0.2) is 24.3 Å². The van der Waals surface area contributed by atoms with Crippen LogP contribution in [0.4, 0.5) is 13.2 Å². The number of alkyl halides is 3. The third-order valence-electron chi connectivity index (χ3n) is 3.69. The molecule has 1 amide bonds. The maximum absolute atomic E-state index is 12.2. The van der Waals surface area contributed by atoms with E-state index in [1.807, 2.05) is 0 Å². The van der Waals surface area contributed by atoms with Crippen LogP contribution in [0.25, 0.3) is 0 Å². The fourth-order valence-corrected chi connectivity index (χ4v) is 2.50. The monoisotopic (exact) mass is 352 g/mol. The lowest BCUT2D eigenvalue weighted by molar-refractivity contribution is -0.274. The minimum absolute atomic E-state index is 0. The summed E-state index contributed by atoms with van der Waals surface area (Å²) in [6, 6.07) is 5.07. The van der Waals surface area contributed by atoms with Crippen LogP contribution in [0.2, 0.25) is 0 Å². The second-order valence-corrected chi connectivity index (χ2v) is 5.85. The van der Waals surface area contributed by atoms with Gasteiger partial charge in [-0.1, -0.05) is 13.0 Å². The van der Waals surface area contributed by atoms with Gasteiger partial charge in [0.2, 0.25) is 0 Å². The number of carbonyl (C=O) groups excluding carboxylic acids is 1. The quantitative estimate of drug-likeness (QED) is 0.875. The second-order valence-electron chi connectivity index (χ2n) is 5.85. The number of ether oxygens (including phenoxy) is 1. The Kier molecular flexibility index (Phi) is 6.70. The largest absolute Gasteiger partial charge is 0.573 e. The number of piperidine rings is 1. The minimum atomic E-state index is -4.77. The molecule has 1 saturated heterocycles. The van der Waals surface area contributed by atoms with Gasteiger partial charge in [0.15, 0.2) is 0 Å². The van der Waals surface area contributed by atoms with Crippen molar-refractivity contribution in [3.63, 3.8) is 0 Å². The minimum Gasteiger partial charge on any atom is -0.406 e. The number of halogens is 4. The Morgan fingerprint density at radius 1 is 1.43 bits per heavy atom. The molecule has 23 heavy (non-hydrogen) atoms. The molecule has 0 saturated carbocycles. The molecule has 0 radical (unpaired) electrons. The van der Waals surface area contributed by atoms with Gasteiger partial charge in [0.1, 0.15) is 5.75 Å². The zero-order chi connectivity index (χ0) is 16.2. The Bertz CT molecular complexity index is 532. The maximum atomic E-state index is 12.2. The van der Waals surface area contributed by atoms with E-state index < -0.39 is 18.0 Å². The molecule has 4 nitrogen and oxygen atoms in total. The molecule has 0 spiro atoms. The third kappa shape index (κ3) is 6.27. The van der Waals surface area contributed by atoms with Gasteiger partial charge in [-0.3, -0.25) is 4.79 Å². The van der Waals surface area contributed by atoms with Crippen molar-refractivity contribution in [2.45, 2.75) is 26.1 Å². The van der Waals surface area contributed by atoms with Crippen molar-refractivity contribution in [2.24, 2.45) is 5.41 Å². The highest BCUT2D eigenvalue weighted by Gasteiger charge is 2.31. The number of benzene rings is 1. The Hall–Kier alpha value is -1.47. The average Bonchev–Trinajstić information content (AvgIpc) is 2.44. The van der Waals surface area contributed by atoms with Crippen molar-refractivity contribution in [1.29, 1.82) is 0 Å². The first-order chi connectivity index (χ1) is 10.3. The van der Waals surface area contributed by atoms with Crippen molar-refractivity contribution in [3.8, 4) is 5.75 Å². The lowest BCUT2D eigenvalue weighted by Crippen LogP contribution is -2.45. The van der Waals surface area contributed by atoms with Crippen molar-refractivity contribution in [2.75, 3.05) is 19.6 Å². The Morgan fingerprint density at radius 2 is 2.17 bits per heavy atom. The van der Waals surface area contributed by atoms with Crippen molar-refractivity contribution in [1.82, 2.24) is 10.6 Å². The molecule has 1 unspecified atom stereocenters. The van der Waals surface area contributed by atoms with Crippen LogP contribution in [0.1, 0.15) is 30.1 Å². The number of hydrogen-bond donors (Lipinski definition) is 2. The molecule has 1 aromatic carbocycles. The summed E-state index contributed by atoms with van der Waals surface area (Å²) in [5.74, 6) is -0.801. The molecule has 1 aliphatic heterocycles. The first-order valence-corrected chi connectivity index (χ1v) is 7.12. The number of amides is 1. The molecule has 2 rings (SSSR count). The standard InChI is InChI=1S/C15H19F3N2O2.ClH/c1-14(6-3-7-19-9-14)10-20-13(21)11-4-2-5-12(8-11)22-15(16,17)18;/h2,4-5,8,19H,3,6-7,9-10H2,1H3,(H,20,21);1H. The first kappa shape index (κ1) is 19.6. The molecule has 0 aliphatic carbocycles. The van der Waals surface area contributed by atoms with Crippen LogP contribution in [-0.2, 0) is 0 Å². The van der Waals surface area contributed by atoms with Gasteiger partial charge >= 0.3 is 6.36 Å². The number of rotatable bonds is 4. The van der Waals surface area contributed by atoms with Gasteiger partial charge in [-0.15, -0.1) is 25.6 Å². The zero-order valence-electron chi connectivity index (χ0n) is 12.7. The van der Waals surface area contributed by atoms with E-state index in [4.69, 9.17) is 0 Å². The predicted octanol–water partition coefficient (Wildman–Crippen LogP) is 3.13. The highest BCUT2D eigenvalue weighted by molar-refractivity contribution is 5.94.